The molecule has 1 saturated heterocycles. The number of nitrogens with zero attached hydrogens (tertiary/aromatic N) is 3. The van der Waals surface area contributed by atoms with E-state index in [-0.39, 0.29) is 17.8 Å². The highest BCUT2D eigenvalue weighted by Crippen LogP contribution is 2.30. The van der Waals surface area contributed by atoms with Crippen LogP contribution in [0, 0.1) is 19.8 Å². The number of esters is 1. The molecule has 0 aliphatic carbocycles. The summed E-state index contributed by atoms with van der Waals surface area (Å²) in [6.07, 6.45) is 1.33. The fraction of sp³-hybridized carbons (Fsp3) is 0.500. The molecule has 9 heteroatoms. The van der Waals surface area contributed by atoms with E-state index >= 15 is 0 Å². The van der Waals surface area contributed by atoms with Gasteiger partial charge in [0.25, 0.3) is 0 Å². The number of anilines is 2. The van der Waals surface area contributed by atoms with Gasteiger partial charge >= 0.3 is 5.97 Å². The monoisotopic (exact) mass is 434 g/mol. The van der Waals surface area contributed by atoms with Crippen molar-refractivity contribution < 1.29 is 14.3 Å². The third-order valence-corrected chi connectivity index (χ3v) is 7.00. The number of hydrogen-bond donors (Lipinski definition) is 1. The molecule has 3 rings (SSSR count). The zero-order valence-corrected chi connectivity index (χ0v) is 18.6. The van der Waals surface area contributed by atoms with Crippen molar-refractivity contribution in [1.82, 2.24) is 15.1 Å². The first-order valence-corrected chi connectivity index (χ1v) is 11.5. The van der Waals surface area contributed by atoms with Gasteiger partial charge in [-0.2, -0.15) is 0 Å². The number of hydrogen-bond acceptors (Lipinski definition) is 8. The van der Waals surface area contributed by atoms with Gasteiger partial charge in [0.05, 0.1) is 18.3 Å². The lowest BCUT2D eigenvalue weighted by molar-refractivity contribution is -0.151. The molecule has 29 heavy (non-hydrogen) atoms. The molecule has 1 aliphatic heterocycles. The van der Waals surface area contributed by atoms with Crippen LogP contribution >= 0.6 is 23.1 Å². The summed E-state index contributed by atoms with van der Waals surface area (Å²) in [7, 11) is 0. The number of piperidine rings is 1. The Morgan fingerprint density at radius 2 is 2.03 bits per heavy atom. The molecule has 7 nitrogen and oxygen atoms in total. The van der Waals surface area contributed by atoms with Crippen LogP contribution in [0.4, 0.5) is 10.8 Å². The van der Waals surface area contributed by atoms with E-state index in [1.54, 1.807) is 0 Å². The number of likely N-dealkylation sites (tertiary alicyclic amines) is 1. The van der Waals surface area contributed by atoms with Crippen molar-refractivity contribution in [2.45, 2.75) is 38.0 Å². The van der Waals surface area contributed by atoms with Crippen LogP contribution < -0.4 is 5.32 Å². The van der Waals surface area contributed by atoms with Gasteiger partial charge in [0.2, 0.25) is 11.0 Å². The molecule has 1 N–H and O–H groups in total. The van der Waals surface area contributed by atoms with E-state index in [1.165, 1.54) is 34.2 Å². The Bertz CT molecular complexity index is 863. The minimum Gasteiger partial charge on any atom is -0.466 e. The summed E-state index contributed by atoms with van der Waals surface area (Å²) in [5.74, 6) is 0.152. The number of benzene rings is 1. The van der Waals surface area contributed by atoms with E-state index in [1.807, 2.05) is 24.0 Å². The van der Waals surface area contributed by atoms with E-state index in [9.17, 15) is 9.59 Å². The summed E-state index contributed by atoms with van der Waals surface area (Å²) in [4.78, 5) is 26.1. The molecule has 1 fully saturated rings. The second-order valence-electron chi connectivity index (χ2n) is 6.94. The van der Waals surface area contributed by atoms with E-state index in [0.29, 0.717) is 43.4 Å². The van der Waals surface area contributed by atoms with Crippen LogP contribution in [0.3, 0.4) is 0 Å². The summed E-state index contributed by atoms with van der Waals surface area (Å²) in [5.41, 5.74) is 3.41. The van der Waals surface area contributed by atoms with Crippen LogP contribution in [0.25, 0.3) is 0 Å². The smallest absolute Gasteiger partial charge is 0.309 e. The number of aromatic nitrogens is 2. The van der Waals surface area contributed by atoms with E-state index < -0.39 is 0 Å². The number of nitrogens with one attached hydrogen (secondary N) is 1. The van der Waals surface area contributed by atoms with Gasteiger partial charge in [-0.15, -0.1) is 10.2 Å². The Hall–Kier alpha value is -2.13. The number of rotatable bonds is 7. The largest absolute Gasteiger partial charge is 0.466 e. The fourth-order valence-electron chi connectivity index (χ4n) is 3.16. The first-order valence-electron chi connectivity index (χ1n) is 9.72. The van der Waals surface area contributed by atoms with Crippen molar-refractivity contribution in [3.8, 4) is 0 Å². The van der Waals surface area contributed by atoms with Crippen LogP contribution in [0.15, 0.2) is 22.5 Å². The van der Waals surface area contributed by atoms with Crippen LogP contribution in [0.2, 0.25) is 0 Å². The van der Waals surface area contributed by atoms with Crippen LogP contribution in [-0.4, -0.2) is 52.4 Å². The van der Waals surface area contributed by atoms with Gasteiger partial charge in [-0.1, -0.05) is 35.2 Å². The second-order valence-corrected chi connectivity index (χ2v) is 9.14. The second kappa shape index (κ2) is 10.1. The molecule has 0 atom stereocenters. The Morgan fingerprint density at radius 1 is 1.28 bits per heavy atom. The zero-order chi connectivity index (χ0) is 20.8. The maximum Gasteiger partial charge on any atom is 0.309 e. The van der Waals surface area contributed by atoms with Gasteiger partial charge in [-0.25, -0.2) is 0 Å². The maximum atomic E-state index is 12.5. The van der Waals surface area contributed by atoms with Gasteiger partial charge in [0.1, 0.15) is 0 Å². The highest BCUT2D eigenvalue weighted by Gasteiger charge is 2.28. The summed E-state index contributed by atoms with van der Waals surface area (Å²) in [6, 6.07) is 6.09. The molecular weight excluding hydrogens is 408 g/mol. The van der Waals surface area contributed by atoms with Crippen LogP contribution in [0.1, 0.15) is 30.9 Å². The highest BCUT2D eigenvalue weighted by atomic mass is 32.2. The Morgan fingerprint density at radius 3 is 2.76 bits per heavy atom. The van der Waals surface area contributed by atoms with Crippen molar-refractivity contribution in [3.63, 3.8) is 0 Å². The number of ether oxygens (including phenoxy) is 1. The number of carbonyl (C=O) groups excluding carboxylic acids is 2. The minimum atomic E-state index is -0.147. The Kier molecular flexibility index (Phi) is 7.49. The summed E-state index contributed by atoms with van der Waals surface area (Å²) in [5, 5.41) is 12.4. The lowest BCUT2D eigenvalue weighted by Crippen LogP contribution is -2.41. The molecule has 0 saturated carbocycles. The van der Waals surface area contributed by atoms with Crippen LogP contribution in [0.5, 0.6) is 0 Å². The first kappa shape index (κ1) is 21.6. The van der Waals surface area contributed by atoms with E-state index in [2.05, 4.69) is 35.4 Å². The molecule has 1 aromatic heterocycles. The van der Waals surface area contributed by atoms with Crippen molar-refractivity contribution in [2.75, 3.05) is 30.8 Å². The van der Waals surface area contributed by atoms with Crippen molar-refractivity contribution in [3.05, 3.63) is 29.3 Å². The standard InChI is InChI=1S/C20H26N4O3S2/c1-4-27-18(26)15-8-10-24(11-9-15)17(25)12-28-20-23-22-19(29-20)21-16-7-5-6-13(2)14(16)3/h5-7,15H,4,8-12H2,1-3H3,(H,21,22). The van der Waals surface area contributed by atoms with Crippen molar-refractivity contribution >= 4 is 45.8 Å². The number of amides is 1. The predicted molar refractivity (Wildman–Crippen MR) is 116 cm³/mol. The van der Waals surface area contributed by atoms with Crippen molar-refractivity contribution in [1.29, 1.82) is 0 Å². The van der Waals surface area contributed by atoms with Gasteiger partial charge in [0, 0.05) is 18.8 Å². The van der Waals surface area contributed by atoms with E-state index in [4.69, 9.17) is 4.74 Å². The predicted octanol–water partition coefficient (Wildman–Crippen LogP) is 3.79. The Labute approximate surface area is 179 Å². The molecule has 0 radical (unpaired) electrons. The first-order chi connectivity index (χ1) is 14.0. The average Bonchev–Trinajstić information content (AvgIpc) is 3.17. The molecule has 156 valence electrons. The Balaban J connectivity index is 1.47. The topological polar surface area (TPSA) is 84.4 Å². The van der Waals surface area contributed by atoms with Gasteiger partial charge in [-0.3, -0.25) is 9.59 Å². The van der Waals surface area contributed by atoms with Gasteiger partial charge in [0.15, 0.2) is 4.34 Å². The quantitative estimate of drug-likeness (QED) is 0.524. The summed E-state index contributed by atoms with van der Waals surface area (Å²) in [6.45, 7) is 7.54. The van der Waals surface area contributed by atoms with Crippen LogP contribution in [-0.2, 0) is 14.3 Å². The molecule has 0 unspecified atom stereocenters. The van der Waals surface area contributed by atoms with Gasteiger partial charge in [-0.05, 0) is 50.8 Å². The molecular formula is C20H26N4O3S2. The minimum absolute atomic E-state index is 0.0662. The number of aryl methyl sites for hydroxylation is 1. The molecule has 2 heterocycles. The highest BCUT2D eigenvalue weighted by molar-refractivity contribution is 8.01. The SMILES string of the molecule is CCOC(=O)C1CCN(C(=O)CSc2nnc(Nc3cccc(C)c3C)s2)CC1. The third-order valence-electron chi connectivity index (χ3n) is 5.04. The number of thioether (sulfide) groups is 1. The molecule has 1 aliphatic rings. The lowest BCUT2D eigenvalue weighted by Gasteiger charge is -2.30. The average molecular weight is 435 g/mol. The maximum absolute atomic E-state index is 12.5. The molecule has 0 bridgehead atoms. The van der Waals surface area contributed by atoms with E-state index in [0.717, 1.165) is 10.0 Å². The van der Waals surface area contributed by atoms with Crippen molar-refractivity contribution in [2.24, 2.45) is 5.92 Å². The fourth-order valence-corrected chi connectivity index (χ4v) is 4.83. The summed E-state index contributed by atoms with van der Waals surface area (Å²) >= 11 is 2.84. The van der Waals surface area contributed by atoms with Gasteiger partial charge < -0.3 is 15.0 Å². The molecule has 2 aromatic rings. The normalized spacial score (nSPS) is 14.7. The third kappa shape index (κ3) is 5.70. The lowest BCUT2D eigenvalue weighted by atomic mass is 9.97. The molecule has 1 aromatic carbocycles. The number of carbonyl (C=O) groups is 2. The molecule has 0 spiro atoms. The molecule has 1 amide bonds. The summed E-state index contributed by atoms with van der Waals surface area (Å²) < 4.78 is 5.83. The zero-order valence-electron chi connectivity index (χ0n) is 16.9.